The number of halogens is 2. The van der Waals surface area contributed by atoms with Crippen molar-refractivity contribution < 1.29 is 18.3 Å². The third-order valence-corrected chi connectivity index (χ3v) is 5.27. The summed E-state index contributed by atoms with van der Waals surface area (Å²) in [6.45, 7) is 0.0670. The molecule has 29 heavy (non-hydrogen) atoms. The molecule has 4 rings (SSSR count). The van der Waals surface area contributed by atoms with Gasteiger partial charge in [-0.3, -0.25) is 9.69 Å². The van der Waals surface area contributed by atoms with Gasteiger partial charge in [-0.1, -0.05) is 41.7 Å². The first-order valence-corrected chi connectivity index (χ1v) is 9.69. The molecule has 1 heterocycles. The lowest BCUT2D eigenvalue weighted by Gasteiger charge is -2.20. The summed E-state index contributed by atoms with van der Waals surface area (Å²) in [6, 6.07) is 19.3. The molecule has 7 heteroatoms. The minimum absolute atomic E-state index is 0.233. The average molecular weight is 410 g/mol. The smallest absolute Gasteiger partial charge is 0.267 e. The highest BCUT2D eigenvalue weighted by molar-refractivity contribution is 7.22. The van der Waals surface area contributed by atoms with Gasteiger partial charge in [0, 0.05) is 0 Å². The first-order valence-electron chi connectivity index (χ1n) is 8.87. The largest absolute Gasteiger partial charge is 0.484 e. The van der Waals surface area contributed by atoms with E-state index in [1.54, 1.807) is 6.07 Å². The van der Waals surface area contributed by atoms with Crippen molar-refractivity contribution in [3.8, 4) is 5.75 Å². The van der Waals surface area contributed by atoms with E-state index in [4.69, 9.17) is 4.74 Å². The molecule has 0 bridgehead atoms. The fourth-order valence-corrected chi connectivity index (χ4v) is 3.79. The average Bonchev–Trinajstić information content (AvgIpc) is 3.15. The van der Waals surface area contributed by atoms with E-state index in [2.05, 4.69) is 4.98 Å². The van der Waals surface area contributed by atoms with Crippen LogP contribution in [-0.2, 0) is 11.3 Å². The predicted molar refractivity (Wildman–Crippen MR) is 109 cm³/mol. The van der Waals surface area contributed by atoms with E-state index in [1.807, 2.05) is 30.3 Å². The SMILES string of the molecule is O=C(COc1ccc(F)cc1)N(Cc1ccccc1)c1nc2ccc(F)cc2s1. The summed E-state index contributed by atoms with van der Waals surface area (Å²) < 4.78 is 32.8. The van der Waals surface area contributed by atoms with Crippen molar-refractivity contribution in [1.29, 1.82) is 0 Å². The molecule has 1 aromatic heterocycles. The molecule has 0 spiro atoms. The van der Waals surface area contributed by atoms with Crippen molar-refractivity contribution in [2.24, 2.45) is 0 Å². The van der Waals surface area contributed by atoms with Crippen molar-refractivity contribution in [2.45, 2.75) is 6.54 Å². The van der Waals surface area contributed by atoms with E-state index in [1.165, 1.54) is 52.6 Å². The summed E-state index contributed by atoms with van der Waals surface area (Å²) in [7, 11) is 0. The molecule has 0 fully saturated rings. The quantitative estimate of drug-likeness (QED) is 0.440. The van der Waals surface area contributed by atoms with Gasteiger partial charge in [0.1, 0.15) is 17.4 Å². The highest BCUT2D eigenvalue weighted by Crippen LogP contribution is 2.30. The number of aromatic nitrogens is 1. The van der Waals surface area contributed by atoms with Gasteiger partial charge in [0.05, 0.1) is 16.8 Å². The Morgan fingerprint density at radius 2 is 1.69 bits per heavy atom. The Hall–Kier alpha value is -3.32. The molecule has 4 aromatic rings. The fourth-order valence-electron chi connectivity index (χ4n) is 2.78. The number of hydrogen-bond donors (Lipinski definition) is 0. The van der Waals surface area contributed by atoms with Crippen LogP contribution in [0.25, 0.3) is 10.2 Å². The maximum atomic E-state index is 13.5. The number of nitrogens with zero attached hydrogens (tertiary/aromatic N) is 2. The molecule has 0 saturated heterocycles. The predicted octanol–water partition coefficient (Wildman–Crippen LogP) is 5.19. The number of hydrogen-bond acceptors (Lipinski definition) is 4. The molecule has 0 atom stereocenters. The maximum Gasteiger partial charge on any atom is 0.267 e. The van der Waals surface area contributed by atoms with Gasteiger partial charge in [0.15, 0.2) is 11.7 Å². The van der Waals surface area contributed by atoms with Crippen LogP contribution in [0.4, 0.5) is 13.9 Å². The molecule has 0 radical (unpaired) electrons. The van der Waals surface area contributed by atoms with E-state index in [0.717, 1.165) is 5.56 Å². The number of fused-ring (bicyclic) bond motifs is 1. The molecule has 0 N–H and O–H groups in total. The van der Waals surface area contributed by atoms with Crippen LogP contribution in [0, 0.1) is 11.6 Å². The van der Waals surface area contributed by atoms with E-state index < -0.39 is 0 Å². The van der Waals surface area contributed by atoms with E-state index in [-0.39, 0.29) is 24.1 Å². The number of benzene rings is 3. The molecule has 0 saturated carbocycles. The maximum absolute atomic E-state index is 13.5. The van der Waals surface area contributed by atoms with E-state index in [0.29, 0.717) is 27.6 Å². The summed E-state index contributed by atoms with van der Waals surface area (Å²) in [5, 5.41) is 0.460. The van der Waals surface area contributed by atoms with Crippen LogP contribution in [0.3, 0.4) is 0 Å². The molecule has 0 unspecified atom stereocenters. The van der Waals surface area contributed by atoms with Crippen LogP contribution in [0.15, 0.2) is 72.8 Å². The van der Waals surface area contributed by atoms with Crippen molar-refractivity contribution in [3.63, 3.8) is 0 Å². The van der Waals surface area contributed by atoms with Gasteiger partial charge in [-0.25, -0.2) is 13.8 Å². The molecular formula is C22H16F2N2O2S. The first-order chi connectivity index (χ1) is 14.1. The molecular weight excluding hydrogens is 394 g/mol. The molecule has 3 aromatic carbocycles. The fraction of sp³-hybridized carbons (Fsp3) is 0.0909. The van der Waals surface area contributed by atoms with Gasteiger partial charge < -0.3 is 4.74 Å². The number of thiazole rings is 1. The second-order valence-corrected chi connectivity index (χ2v) is 7.33. The Bertz CT molecular complexity index is 1130. The minimum atomic E-state index is -0.379. The Morgan fingerprint density at radius 1 is 0.966 bits per heavy atom. The van der Waals surface area contributed by atoms with Crippen LogP contribution >= 0.6 is 11.3 Å². The van der Waals surface area contributed by atoms with Gasteiger partial charge >= 0.3 is 0 Å². The van der Waals surface area contributed by atoms with Crippen LogP contribution in [0.2, 0.25) is 0 Å². The van der Waals surface area contributed by atoms with Crippen molar-refractivity contribution in [3.05, 3.63) is 90.0 Å². The molecule has 4 nitrogen and oxygen atoms in total. The zero-order chi connectivity index (χ0) is 20.2. The summed E-state index contributed by atoms with van der Waals surface area (Å²) in [4.78, 5) is 19.0. The van der Waals surface area contributed by atoms with Crippen LogP contribution < -0.4 is 9.64 Å². The van der Waals surface area contributed by atoms with E-state index in [9.17, 15) is 13.6 Å². The number of carbonyl (C=O) groups excluding carboxylic acids is 1. The first kappa shape index (κ1) is 19.0. The van der Waals surface area contributed by atoms with Gasteiger partial charge in [-0.15, -0.1) is 0 Å². The number of carbonyl (C=O) groups is 1. The van der Waals surface area contributed by atoms with Crippen LogP contribution in [0.5, 0.6) is 5.75 Å². The van der Waals surface area contributed by atoms with E-state index >= 15 is 0 Å². The van der Waals surface area contributed by atoms with Gasteiger partial charge in [-0.05, 0) is 48.0 Å². The molecule has 1 amide bonds. The van der Waals surface area contributed by atoms with Crippen molar-refractivity contribution in [2.75, 3.05) is 11.5 Å². The monoisotopic (exact) mass is 410 g/mol. The zero-order valence-corrected chi connectivity index (χ0v) is 16.0. The third kappa shape index (κ3) is 4.57. The molecule has 146 valence electrons. The summed E-state index contributed by atoms with van der Waals surface area (Å²) in [5.41, 5.74) is 1.55. The number of rotatable bonds is 6. The van der Waals surface area contributed by atoms with Crippen molar-refractivity contribution in [1.82, 2.24) is 4.98 Å². The third-order valence-electron chi connectivity index (χ3n) is 4.23. The summed E-state index contributed by atoms with van der Waals surface area (Å²) in [5.74, 6) is -0.646. The van der Waals surface area contributed by atoms with Crippen LogP contribution in [-0.4, -0.2) is 17.5 Å². The Kier molecular flexibility index (Phi) is 5.48. The Labute approximate surface area is 170 Å². The molecule has 0 aliphatic heterocycles. The lowest BCUT2D eigenvalue weighted by Crippen LogP contribution is -2.34. The Balaban J connectivity index is 1.59. The topological polar surface area (TPSA) is 42.4 Å². The summed E-state index contributed by atoms with van der Waals surface area (Å²) >= 11 is 1.24. The Morgan fingerprint density at radius 3 is 2.45 bits per heavy atom. The number of amides is 1. The second-order valence-electron chi connectivity index (χ2n) is 6.32. The number of ether oxygens (including phenoxy) is 1. The number of anilines is 1. The zero-order valence-electron chi connectivity index (χ0n) is 15.2. The lowest BCUT2D eigenvalue weighted by molar-refractivity contribution is -0.120. The second kappa shape index (κ2) is 8.36. The van der Waals surface area contributed by atoms with Crippen LogP contribution in [0.1, 0.15) is 5.56 Å². The lowest BCUT2D eigenvalue weighted by atomic mass is 10.2. The van der Waals surface area contributed by atoms with Gasteiger partial charge in [0.25, 0.3) is 5.91 Å². The highest BCUT2D eigenvalue weighted by Gasteiger charge is 2.21. The standard InChI is InChI=1S/C22H16F2N2O2S/c23-16-6-9-18(10-7-16)28-14-21(27)26(13-15-4-2-1-3-5-15)22-25-19-11-8-17(24)12-20(19)29-22/h1-12H,13-14H2. The molecule has 0 aliphatic carbocycles. The van der Waals surface area contributed by atoms with Gasteiger partial charge in [0.2, 0.25) is 0 Å². The summed E-state index contributed by atoms with van der Waals surface area (Å²) in [6.07, 6.45) is 0. The molecule has 0 aliphatic rings. The minimum Gasteiger partial charge on any atom is -0.484 e. The normalized spacial score (nSPS) is 10.8. The van der Waals surface area contributed by atoms with Gasteiger partial charge in [-0.2, -0.15) is 0 Å². The highest BCUT2D eigenvalue weighted by atomic mass is 32.1. The van der Waals surface area contributed by atoms with Crippen molar-refractivity contribution >= 4 is 32.6 Å².